The van der Waals surface area contributed by atoms with Crippen molar-refractivity contribution in [2.24, 2.45) is 5.92 Å². The molecule has 0 atom stereocenters. The van der Waals surface area contributed by atoms with Crippen LogP contribution in [0.1, 0.15) is 38.5 Å². The van der Waals surface area contributed by atoms with Crippen molar-refractivity contribution in [3.63, 3.8) is 0 Å². The number of anilines is 1. The molecule has 0 aliphatic heterocycles. The monoisotopic (exact) mass is 421 g/mol. The quantitative estimate of drug-likeness (QED) is 0.683. The van der Waals surface area contributed by atoms with Gasteiger partial charge in [0.05, 0.1) is 5.69 Å². The van der Waals surface area contributed by atoms with E-state index in [1.165, 1.54) is 25.7 Å². The summed E-state index contributed by atoms with van der Waals surface area (Å²) >= 11 is 5.67. The lowest BCUT2D eigenvalue weighted by Crippen LogP contribution is -2.13. The number of halogens is 2. The Morgan fingerprint density at radius 2 is 2.11 bits per heavy atom. The number of rotatable bonds is 4. The van der Waals surface area contributed by atoms with Crippen LogP contribution < -0.4 is 5.32 Å². The lowest BCUT2D eigenvalue weighted by atomic mass is 10.0. The number of carbonyl (C=O) groups excluding carboxylic acids is 1. The summed E-state index contributed by atoms with van der Waals surface area (Å²) in [4.78, 5) is 11.9. The number of benzene rings is 1. The molecule has 0 bridgehead atoms. The molecule has 1 fully saturated rings. The van der Waals surface area contributed by atoms with Crippen molar-refractivity contribution in [2.45, 2.75) is 38.5 Å². The van der Waals surface area contributed by atoms with Crippen molar-refractivity contribution in [3.05, 3.63) is 26.2 Å². The highest BCUT2D eigenvalue weighted by atomic mass is 127. The molecular weight excluding hydrogens is 405 g/mol. The first-order valence-corrected chi connectivity index (χ1v) is 8.27. The Labute approximate surface area is 130 Å². The van der Waals surface area contributed by atoms with E-state index in [9.17, 15) is 4.79 Å². The summed E-state index contributed by atoms with van der Waals surface area (Å²) in [6.07, 6.45) is 6.98. The van der Waals surface area contributed by atoms with Gasteiger partial charge in [-0.15, -0.1) is 0 Å². The van der Waals surface area contributed by atoms with Gasteiger partial charge in [0, 0.05) is 14.5 Å². The summed E-state index contributed by atoms with van der Waals surface area (Å²) < 4.78 is 2.07. The summed E-state index contributed by atoms with van der Waals surface area (Å²) in [5.74, 6) is 0.912. The molecule has 2 rings (SSSR count). The van der Waals surface area contributed by atoms with Crippen LogP contribution in [-0.2, 0) is 4.79 Å². The van der Waals surface area contributed by atoms with E-state index in [2.05, 4.69) is 43.8 Å². The summed E-state index contributed by atoms with van der Waals surface area (Å²) in [6, 6.07) is 5.93. The average Bonchev–Trinajstić information content (AvgIpc) is 2.84. The van der Waals surface area contributed by atoms with Gasteiger partial charge in [-0.05, 0) is 53.1 Å². The second kappa shape index (κ2) is 6.89. The van der Waals surface area contributed by atoms with Crippen LogP contribution in [0.5, 0.6) is 0 Å². The fourth-order valence-electron chi connectivity index (χ4n) is 2.44. The van der Waals surface area contributed by atoms with Gasteiger partial charge in [0.2, 0.25) is 5.91 Å². The van der Waals surface area contributed by atoms with Gasteiger partial charge < -0.3 is 5.32 Å². The smallest absolute Gasteiger partial charge is 0.224 e. The highest BCUT2D eigenvalue weighted by Gasteiger charge is 2.16. The van der Waals surface area contributed by atoms with Gasteiger partial charge in [-0.1, -0.05) is 41.6 Å². The van der Waals surface area contributed by atoms with Crippen molar-refractivity contribution < 1.29 is 4.79 Å². The first-order valence-electron chi connectivity index (χ1n) is 6.40. The third-order valence-corrected chi connectivity index (χ3v) is 4.89. The Morgan fingerprint density at radius 3 is 2.83 bits per heavy atom. The zero-order chi connectivity index (χ0) is 13.0. The van der Waals surface area contributed by atoms with Crippen LogP contribution in [0.15, 0.2) is 22.7 Å². The molecule has 1 N–H and O–H groups in total. The molecule has 2 nitrogen and oxygen atoms in total. The van der Waals surface area contributed by atoms with E-state index in [1.807, 2.05) is 18.2 Å². The number of hydrogen-bond acceptors (Lipinski definition) is 1. The van der Waals surface area contributed by atoms with E-state index < -0.39 is 0 Å². The lowest BCUT2D eigenvalue weighted by molar-refractivity contribution is -0.116. The van der Waals surface area contributed by atoms with Crippen LogP contribution in [-0.4, -0.2) is 5.91 Å². The van der Waals surface area contributed by atoms with Crippen molar-refractivity contribution in [1.82, 2.24) is 0 Å². The van der Waals surface area contributed by atoms with Crippen molar-refractivity contribution in [2.75, 3.05) is 5.32 Å². The summed E-state index contributed by atoms with van der Waals surface area (Å²) in [6.45, 7) is 0. The predicted octanol–water partition coefficient (Wildman–Crippen LogP) is 4.96. The van der Waals surface area contributed by atoms with Crippen LogP contribution in [0, 0.1) is 9.49 Å². The van der Waals surface area contributed by atoms with E-state index in [-0.39, 0.29) is 5.91 Å². The SMILES string of the molecule is O=C(CCC1CCCC1)Nc1cc(Br)ccc1I. The summed E-state index contributed by atoms with van der Waals surface area (Å²) in [5.41, 5.74) is 0.904. The number of carbonyl (C=O) groups is 1. The topological polar surface area (TPSA) is 29.1 Å². The van der Waals surface area contributed by atoms with Gasteiger partial charge in [0.25, 0.3) is 0 Å². The van der Waals surface area contributed by atoms with Crippen LogP contribution in [0.3, 0.4) is 0 Å². The maximum atomic E-state index is 11.9. The minimum atomic E-state index is 0.137. The molecule has 0 spiro atoms. The average molecular weight is 422 g/mol. The standard InChI is InChI=1S/C14H17BrINO/c15-11-6-7-12(16)13(9-11)17-14(18)8-5-10-3-1-2-4-10/h6-7,9-10H,1-5,8H2,(H,17,18). The Balaban J connectivity index is 1.84. The molecule has 0 heterocycles. The van der Waals surface area contributed by atoms with Crippen LogP contribution in [0.2, 0.25) is 0 Å². The number of nitrogens with one attached hydrogen (secondary N) is 1. The molecule has 4 heteroatoms. The molecule has 1 amide bonds. The van der Waals surface area contributed by atoms with E-state index in [0.29, 0.717) is 6.42 Å². The maximum Gasteiger partial charge on any atom is 0.224 e. The molecule has 18 heavy (non-hydrogen) atoms. The van der Waals surface area contributed by atoms with E-state index in [0.717, 1.165) is 26.1 Å². The minimum absolute atomic E-state index is 0.137. The first kappa shape index (κ1) is 14.3. The molecule has 1 aromatic carbocycles. The molecular formula is C14H17BrINO. The molecule has 0 aromatic heterocycles. The molecule has 0 unspecified atom stereocenters. The summed E-state index contributed by atoms with van der Waals surface area (Å²) in [7, 11) is 0. The van der Waals surface area contributed by atoms with Gasteiger partial charge in [-0.25, -0.2) is 0 Å². The van der Waals surface area contributed by atoms with Gasteiger partial charge >= 0.3 is 0 Å². The summed E-state index contributed by atoms with van der Waals surface area (Å²) in [5, 5.41) is 3.00. The largest absolute Gasteiger partial charge is 0.325 e. The highest BCUT2D eigenvalue weighted by molar-refractivity contribution is 14.1. The molecule has 1 saturated carbocycles. The first-order chi connectivity index (χ1) is 8.65. The number of amides is 1. The normalized spacial score (nSPS) is 15.9. The van der Waals surface area contributed by atoms with Crippen LogP contribution in [0.25, 0.3) is 0 Å². The molecule has 98 valence electrons. The second-order valence-corrected chi connectivity index (χ2v) is 6.94. The third-order valence-electron chi connectivity index (χ3n) is 3.46. The van der Waals surface area contributed by atoms with E-state index >= 15 is 0 Å². The zero-order valence-electron chi connectivity index (χ0n) is 10.2. The van der Waals surface area contributed by atoms with Gasteiger partial charge in [0.1, 0.15) is 0 Å². The number of hydrogen-bond donors (Lipinski definition) is 1. The molecule has 1 aromatic rings. The van der Waals surface area contributed by atoms with E-state index in [4.69, 9.17) is 0 Å². The fraction of sp³-hybridized carbons (Fsp3) is 0.500. The van der Waals surface area contributed by atoms with Crippen molar-refractivity contribution in [3.8, 4) is 0 Å². The minimum Gasteiger partial charge on any atom is -0.325 e. The maximum absolute atomic E-state index is 11.9. The zero-order valence-corrected chi connectivity index (χ0v) is 14.0. The van der Waals surface area contributed by atoms with Gasteiger partial charge in [-0.3, -0.25) is 4.79 Å². The molecule has 1 aliphatic carbocycles. The van der Waals surface area contributed by atoms with Crippen molar-refractivity contribution >= 4 is 50.1 Å². The molecule has 1 aliphatic rings. The lowest BCUT2D eigenvalue weighted by Gasteiger charge is -2.10. The second-order valence-electron chi connectivity index (χ2n) is 4.86. The van der Waals surface area contributed by atoms with Gasteiger partial charge in [0.15, 0.2) is 0 Å². The predicted molar refractivity (Wildman–Crippen MR) is 86.7 cm³/mol. The van der Waals surface area contributed by atoms with Gasteiger partial charge in [-0.2, -0.15) is 0 Å². The fourth-order valence-corrected chi connectivity index (χ4v) is 3.27. The molecule has 0 saturated heterocycles. The van der Waals surface area contributed by atoms with E-state index in [1.54, 1.807) is 0 Å². The third kappa shape index (κ3) is 4.23. The van der Waals surface area contributed by atoms with Crippen molar-refractivity contribution in [1.29, 1.82) is 0 Å². The Hall–Kier alpha value is -0.100. The Kier molecular flexibility index (Phi) is 5.48. The Bertz CT molecular complexity index is 430. The Morgan fingerprint density at radius 1 is 1.39 bits per heavy atom. The highest BCUT2D eigenvalue weighted by Crippen LogP contribution is 2.29. The van der Waals surface area contributed by atoms with Crippen LogP contribution in [0.4, 0.5) is 5.69 Å². The molecule has 0 radical (unpaired) electrons. The van der Waals surface area contributed by atoms with Crippen LogP contribution >= 0.6 is 38.5 Å².